The lowest BCUT2D eigenvalue weighted by atomic mass is 10.0. The van der Waals surface area contributed by atoms with Crippen LogP contribution in [0.4, 0.5) is 0 Å². The van der Waals surface area contributed by atoms with Crippen LogP contribution in [0.1, 0.15) is 29.8 Å². The first kappa shape index (κ1) is 13.5. The van der Waals surface area contributed by atoms with Gasteiger partial charge in [0.1, 0.15) is 6.54 Å². The molecule has 2 N–H and O–H groups in total. The third-order valence-electron chi connectivity index (χ3n) is 3.21. The van der Waals surface area contributed by atoms with Gasteiger partial charge in [0.05, 0.1) is 18.8 Å². The Hall–Kier alpha value is -1.96. The minimum atomic E-state index is -1.18. The first-order chi connectivity index (χ1) is 9.11. The number of carboxylic acid groups (broad SMARTS) is 1. The second kappa shape index (κ2) is 5.79. The van der Waals surface area contributed by atoms with Crippen LogP contribution in [0.3, 0.4) is 0 Å². The van der Waals surface area contributed by atoms with Crippen LogP contribution in [-0.2, 0) is 11.3 Å². The van der Waals surface area contributed by atoms with Crippen molar-refractivity contribution in [2.45, 2.75) is 31.8 Å². The summed E-state index contributed by atoms with van der Waals surface area (Å²) in [7, 11) is 0. The number of carboxylic acids is 1. The lowest BCUT2D eigenvalue weighted by molar-refractivity contribution is -0.136. The molecule has 1 amide bonds. The molecule has 1 aromatic rings. The number of rotatable bonds is 4. The van der Waals surface area contributed by atoms with Crippen molar-refractivity contribution < 1.29 is 19.8 Å². The van der Waals surface area contributed by atoms with Gasteiger partial charge in [-0.1, -0.05) is 5.21 Å². The molecule has 0 aromatic carbocycles. The van der Waals surface area contributed by atoms with Gasteiger partial charge in [0, 0.05) is 6.54 Å². The molecule has 19 heavy (non-hydrogen) atoms. The number of carbonyl (C=O) groups is 2. The Morgan fingerprint density at radius 1 is 1.42 bits per heavy atom. The molecule has 1 aliphatic rings. The molecular formula is C11H16N4O4. The van der Waals surface area contributed by atoms with Crippen molar-refractivity contribution in [2.75, 3.05) is 13.2 Å². The van der Waals surface area contributed by atoms with Gasteiger partial charge in [-0.15, -0.1) is 5.10 Å². The first-order valence-corrected chi connectivity index (χ1v) is 6.15. The molecule has 0 aliphatic carbocycles. The van der Waals surface area contributed by atoms with E-state index in [-0.39, 0.29) is 30.8 Å². The topological polar surface area (TPSA) is 109 Å². The Labute approximate surface area is 109 Å². The molecule has 1 unspecified atom stereocenters. The predicted molar refractivity (Wildman–Crippen MR) is 63.4 cm³/mol. The molecule has 0 saturated carbocycles. The zero-order chi connectivity index (χ0) is 13.8. The Balaban J connectivity index is 2.00. The number of aromatic nitrogens is 3. The maximum Gasteiger partial charge on any atom is 0.358 e. The summed E-state index contributed by atoms with van der Waals surface area (Å²) in [4.78, 5) is 24.4. The fraction of sp³-hybridized carbons (Fsp3) is 0.636. The minimum Gasteiger partial charge on any atom is -0.476 e. The van der Waals surface area contributed by atoms with Crippen LogP contribution >= 0.6 is 0 Å². The summed E-state index contributed by atoms with van der Waals surface area (Å²) in [5.74, 6) is -1.36. The van der Waals surface area contributed by atoms with Gasteiger partial charge in [0.2, 0.25) is 5.91 Å². The quantitative estimate of drug-likeness (QED) is 0.751. The minimum absolute atomic E-state index is 0.0521. The third kappa shape index (κ3) is 3.08. The van der Waals surface area contributed by atoms with E-state index in [2.05, 4.69) is 10.3 Å². The predicted octanol–water partition coefficient (Wildman–Crippen LogP) is -0.650. The van der Waals surface area contributed by atoms with Gasteiger partial charge in [-0.2, -0.15) is 0 Å². The molecule has 8 nitrogen and oxygen atoms in total. The van der Waals surface area contributed by atoms with Gasteiger partial charge in [0.15, 0.2) is 5.69 Å². The van der Waals surface area contributed by atoms with Gasteiger partial charge in [-0.3, -0.25) is 4.79 Å². The molecule has 0 spiro atoms. The molecule has 1 saturated heterocycles. The lowest BCUT2D eigenvalue weighted by Crippen LogP contribution is -2.47. The van der Waals surface area contributed by atoms with Crippen LogP contribution < -0.4 is 0 Å². The SMILES string of the molecule is O=C(O)c1cn(CC(=O)N2CCCCC2CO)nn1. The summed E-state index contributed by atoms with van der Waals surface area (Å²) in [6, 6.07) is -0.149. The number of aliphatic hydroxyl groups is 1. The molecule has 1 aliphatic heterocycles. The van der Waals surface area contributed by atoms with Crippen molar-refractivity contribution in [1.82, 2.24) is 19.9 Å². The highest BCUT2D eigenvalue weighted by atomic mass is 16.4. The highest BCUT2D eigenvalue weighted by Crippen LogP contribution is 2.17. The average molecular weight is 268 g/mol. The third-order valence-corrected chi connectivity index (χ3v) is 3.21. The van der Waals surface area contributed by atoms with Crippen LogP contribution in [-0.4, -0.2) is 61.2 Å². The van der Waals surface area contributed by atoms with E-state index >= 15 is 0 Å². The van der Waals surface area contributed by atoms with Crippen molar-refractivity contribution in [3.05, 3.63) is 11.9 Å². The van der Waals surface area contributed by atoms with Crippen molar-refractivity contribution in [1.29, 1.82) is 0 Å². The van der Waals surface area contributed by atoms with E-state index in [1.165, 1.54) is 10.9 Å². The molecule has 0 radical (unpaired) electrons. The van der Waals surface area contributed by atoms with Gasteiger partial charge < -0.3 is 15.1 Å². The van der Waals surface area contributed by atoms with E-state index in [1.54, 1.807) is 4.90 Å². The molecule has 8 heteroatoms. The average Bonchev–Trinajstić information content (AvgIpc) is 2.87. The maximum absolute atomic E-state index is 12.1. The number of aliphatic hydroxyl groups excluding tert-OH is 1. The molecule has 1 atom stereocenters. The van der Waals surface area contributed by atoms with Crippen LogP contribution in [0.2, 0.25) is 0 Å². The smallest absolute Gasteiger partial charge is 0.358 e. The van der Waals surface area contributed by atoms with Crippen molar-refractivity contribution in [2.24, 2.45) is 0 Å². The van der Waals surface area contributed by atoms with E-state index < -0.39 is 5.97 Å². The second-order valence-electron chi connectivity index (χ2n) is 4.53. The zero-order valence-electron chi connectivity index (χ0n) is 10.4. The number of hydrogen-bond acceptors (Lipinski definition) is 5. The maximum atomic E-state index is 12.1. The summed E-state index contributed by atoms with van der Waals surface area (Å²) >= 11 is 0. The molecule has 1 fully saturated rings. The van der Waals surface area contributed by atoms with Crippen LogP contribution in [0.25, 0.3) is 0 Å². The van der Waals surface area contributed by atoms with E-state index in [4.69, 9.17) is 5.11 Å². The summed E-state index contributed by atoms with van der Waals surface area (Å²) in [6.07, 6.45) is 3.93. The van der Waals surface area contributed by atoms with E-state index in [9.17, 15) is 14.7 Å². The summed E-state index contributed by atoms with van der Waals surface area (Å²) in [5, 5.41) is 25.0. The van der Waals surface area contributed by atoms with Crippen LogP contribution in [0.5, 0.6) is 0 Å². The van der Waals surface area contributed by atoms with Crippen LogP contribution in [0, 0.1) is 0 Å². The van der Waals surface area contributed by atoms with Crippen LogP contribution in [0.15, 0.2) is 6.20 Å². The molecule has 0 bridgehead atoms. The number of aromatic carboxylic acids is 1. The van der Waals surface area contributed by atoms with Gasteiger partial charge in [-0.05, 0) is 19.3 Å². The standard InChI is InChI=1S/C11H16N4O4/c16-7-8-3-1-2-4-15(8)10(17)6-14-5-9(11(18)19)12-13-14/h5,8,16H,1-4,6-7H2,(H,18,19). The molecule has 1 aromatic heterocycles. The Morgan fingerprint density at radius 3 is 2.84 bits per heavy atom. The Morgan fingerprint density at radius 2 is 2.21 bits per heavy atom. The monoisotopic (exact) mass is 268 g/mol. The molecule has 2 rings (SSSR count). The zero-order valence-corrected chi connectivity index (χ0v) is 10.4. The lowest BCUT2D eigenvalue weighted by Gasteiger charge is -2.34. The number of piperidine rings is 1. The van der Waals surface area contributed by atoms with Gasteiger partial charge >= 0.3 is 5.97 Å². The second-order valence-corrected chi connectivity index (χ2v) is 4.53. The first-order valence-electron chi connectivity index (χ1n) is 6.15. The fourth-order valence-corrected chi connectivity index (χ4v) is 2.22. The summed E-state index contributed by atoms with van der Waals surface area (Å²) < 4.78 is 1.20. The summed E-state index contributed by atoms with van der Waals surface area (Å²) in [6.45, 7) is 0.505. The van der Waals surface area contributed by atoms with E-state index in [1.807, 2.05) is 0 Å². The Bertz CT molecular complexity index is 473. The number of hydrogen-bond donors (Lipinski definition) is 2. The largest absolute Gasteiger partial charge is 0.476 e. The molecule has 2 heterocycles. The number of carbonyl (C=O) groups excluding carboxylic acids is 1. The van der Waals surface area contributed by atoms with E-state index in [0.717, 1.165) is 19.3 Å². The number of amides is 1. The van der Waals surface area contributed by atoms with Gasteiger partial charge in [0.25, 0.3) is 0 Å². The number of nitrogens with zero attached hydrogens (tertiary/aromatic N) is 4. The van der Waals surface area contributed by atoms with Crippen molar-refractivity contribution in [3.8, 4) is 0 Å². The molecule has 104 valence electrons. The van der Waals surface area contributed by atoms with Gasteiger partial charge in [-0.25, -0.2) is 9.48 Å². The number of likely N-dealkylation sites (tertiary alicyclic amines) is 1. The van der Waals surface area contributed by atoms with Crippen molar-refractivity contribution >= 4 is 11.9 Å². The summed E-state index contributed by atoms with van der Waals surface area (Å²) in [5.41, 5.74) is -0.190. The van der Waals surface area contributed by atoms with Crippen molar-refractivity contribution in [3.63, 3.8) is 0 Å². The highest BCUT2D eigenvalue weighted by Gasteiger charge is 2.26. The molecular weight excluding hydrogens is 252 g/mol. The van der Waals surface area contributed by atoms with E-state index in [0.29, 0.717) is 6.54 Å². The normalized spacial score (nSPS) is 19.4. The highest BCUT2D eigenvalue weighted by molar-refractivity contribution is 5.84. The Kier molecular flexibility index (Phi) is 4.10. The fourth-order valence-electron chi connectivity index (χ4n) is 2.22.